The van der Waals surface area contributed by atoms with Gasteiger partial charge < -0.3 is 5.32 Å². The van der Waals surface area contributed by atoms with Gasteiger partial charge in [-0.3, -0.25) is 14.5 Å². The second-order valence-electron chi connectivity index (χ2n) is 5.56. The third-order valence-electron chi connectivity index (χ3n) is 3.65. The molecule has 1 aliphatic rings. The number of sulfonamides is 1. The van der Waals surface area contributed by atoms with Crippen LogP contribution < -0.4 is 15.4 Å². The van der Waals surface area contributed by atoms with Crippen LogP contribution in [0.1, 0.15) is 18.5 Å². The maximum Gasteiger partial charge on any atom is 0.238 e. The predicted molar refractivity (Wildman–Crippen MR) is 93.8 cm³/mol. The number of nitrogens with two attached hydrogens (primary N) is 1. The van der Waals surface area contributed by atoms with Gasteiger partial charge in [0.05, 0.1) is 17.0 Å². The van der Waals surface area contributed by atoms with Gasteiger partial charge in [0.1, 0.15) is 0 Å². The van der Waals surface area contributed by atoms with Crippen LogP contribution in [-0.2, 0) is 26.0 Å². The zero-order chi connectivity index (χ0) is 18.0. The molecule has 132 valence electrons. The van der Waals surface area contributed by atoms with E-state index in [-0.39, 0.29) is 23.1 Å². The van der Waals surface area contributed by atoms with Gasteiger partial charge in [0.15, 0.2) is 5.13 Å². The van der Waals surface area contributed by atoms with Crippen LogP contribution in [0, 0.1) is 0 Å². The van der Waals surface area contributed by atoms with E-state index in [1.165, 1.54) is 35.6 Å². The number of hydrogen-bond donors (Lipinski definition) is 2. The fourth-order valence-electron chi connectivity index (χ4n) is 2.45. The highest BCUT2D eigenvalue weighted by atomic mass is 32.2. The molecule has 1 aliphatic heterocycles. The summed E-state index contributed by atoms with van der Waals surface area (Å²) >= 11 is 1.34. The molecule has 1 aromatic carbocycles. The molecule has 2 heterocycles. The van der Waals surface area contributed by atoms with Crippen LogP contribution in [0.25, 0.3) is 0 Å². The minimum atomic E-state index is -3.76. The lowest BCUT2D eigenvalue weighted by molar-refractivity contribution is -0.117. The molecular weight excluding hydrogens is 364 g/mol. The van der Waals surface area contributed by atoms with E-state index >= 15 is 0 Å². The van der Waals surface area contributed by atoms with Crippen molar-refractivity contribution in [1.29, 1.82) is 0 Å². The van der Waals surface area contributed by atoms with Gasteiger partial charge in [0, 0.05) is 24.0 Å². The van der Waals surface area contributed by atoms with Crippen molar-refractivity contribution in [2.75, 3.05) is 16.8 Å². The van der Waals surface area contributed by atoms with Crippen LogP contribution in [0.2, 0.25) is 0 Å². The summed E-state index contributed by atoms with van der Waals surface area (Å²) in [7, 11) is -3.76. The summed E-state index contributed by atoms with van der Waals surface area (Å²) in [4.78, 5) is 29.7. The lowest BCUT2D eigenvalue weighted by Gasteiger charge is -2.10. The van der Waals surface area contributed by atoms with Gasteiger partial charge in [-0.1, -0.05) is 0 Å². The number of rotatable bonds is 5. The standard InChI is InChI=1S/C15H16N4O4S2/c16-25(22,23)12-5-3-10(4-6-12)17-13(20)8-11-9-24-15(18-11)19-7-1-2-14(19)21/h3-6,9H,1-2,7-8H2,(H,17,20)(H2,16,22,23). The molecule has 0 unspecified atom stereocenters. The molecule has 0 saturated carbocycles. The fourth-order valence-corrected chi connectivity index (χ4v) is 3.83. The first-order valence-electron chi connectivity index (χ1n) is 7.50. The summed E-state index contributed by atoms with van der Waals surface area (Å²) in [5.41, 5.74) is 1.04. The quantitative estimate of drug-likeness (QED) is 0.804. The van der Waals surface area contributed by atoms with Gasteiger partial charge in [0.25, 0.3) is 0 Å². The number of nitrogens with one attached hydrogen (secondary N) is 1. The molecule has 2 aromatic rings. The molecular formula is C15H16N4O4S2. The Morgan fingerprint density at radius 1 is 1.32 bits per heavy atom. The first-order chi connectivity index (χ1) is 11.8. The monoisotopic (exact) mass is 380 g/mol. The Hall–Kier alpha value is -2.30. The zero-order valence-corrected chi connectivity index (χ0v) is 14.8. The molecule has 25 heavy (non-hydrogen) atoms. The largest absolute Gasteiger partial charge is 0.326 e. The molecule has 3 rings (SSSR count). The van der Waals surface area contributed by atoms with Crippen LogP contribution >= 0.6 is 11.3 Å². The van der Waals surface area contributed by atoms with Crippen molar-refractivity contribution in [3.63, 3.8) is 0 Å². The van der Waals surface area contributed by atoms with Gasteiger partial charge in [-0.15, -0.1) is 11.3 Å². The van der Waals surface area contributed by atoms with Crippen molar-refractivity contribution < 1.29 is 18.0 Å². The maximum atomic E-state index is 12.1. The van der Waals surface area contributed by atoms with Crippen molar-refractivity contribution >= 4 is 44.0 Å². The average Bonchev–Trinajstić information content (AvgIpc) is 3.15. The summed E-state index contributed by atoms with van der Waals surface area (Å²) in [5, 5.41) is 10.1. The zero-order valence-electron chi connectivity index (χ0n) is 13.1. The third kappa shape index (κ3) is 4.21. The summed E-state index contributed by atoms with van der Waals surface area (Å²) < 4.78 is 22.4. The number of carbonyl (C=O) groups is 2. The Kier molecular flexibility index (Phi) is 4.84. The van der Waals surface area contributed by atoms with Crippen LogP contribution in [0.3, 0.4) is 0 Å². The molecule has 0 atom stereocenters. The van der Waals surface area contributed by atoms with Gasteiger partial charge in [-0.05, 0) is 30.7 Å². The Morgan fingerprint density at radius 3 is 2.64 bits per heavy atom. The molecule has 8 nitrogen and oxygen atoms in total. The molecule has 1 saturated heterocycles. The molecule has 3 N–H and O–H groups in total. The van der Waals surface area contributed by atoms with Crippen molar-refractivity contribution in [1.82, 2.24) is 4.98 Å². The normalized spacial score (nSPS) is 14.8. The molecule has 0 radical (unpaired) electrons. The van der Waals surface area contributed by atoms with E-state index < -0.39 is 10.0 Å². The van der Waals surface area contributed by atoms with Gasteiger partial charge >= 0.3 is 0 Å². The molecule has 0 spiro atoms. The Balaban J connectivity index is 1.61. The lowest BCUT2D eigenvalue weighted by atomic mass is 10.3. The van der Waals surface area contributed by atoms with Crippen LogP contribution in [-0.4, -0.2) is 31.8 Å². The molecule has 0 aliphatic carbocycles. The Bertz CT molecular complexity index is 906. The van der Waals surface area contributed by atoms with Crippen LogP contribution in [0.4, 0.5) is 10.8 Å². The summed E-state index contributed by atoms with van der Waals surface area (Å²) in [6.07, 6.45) is 1.42. The molecule has 0 bridgehead atoms. The van der Waals surface area contributed by atoms with E-state index in [9.17, 15) is 18.0 Å². The number of benzene rings is 1. The first-order valence-corrected chi connectivity index (χ1v) is 9.93. The van der Waals surface area contributed by atoms with Gasteiger partial charge in [0.2, 0.25) is 21.8 Å². The van der Waals surface area contributed by atoms with Crippen molar-refractivity contribution in [2.45, 2.75) is 24.2 Å². The summed E-state index contributed by atoms with van der Waals surface area (Å²) in [6.45, 7) is 0.661. The summed E-state index contributed by atoms with van der Waals surface area (Å²) in [5.74, 6) is -0.228. The van der Waals surface area contributed by atoms with Crippen molar-refractivity contribution in [2.24, 2.45) is 5.14 Å². The smallest absolute Gasteiger partial charge is 0.238 e. The van der Waals surface area contributed by atoms with E-state index in [1.54, 1.807) is 10.3 Å². The fraction of sp³-hybridized carbons (Fsp3) is 0.267. The van der Waals surface area contributed by atoms with E-state index in [0.29, 0.717) is 29.5 Å². The van der Waals surface area contributed by atoms with Crippen LogP contribution in [0.15, 0.2) is 34.5 Å². The highest BCUT2D eigenvalue weighted by Crippen LogP contribution is 2.25. The number of primary sulfonamides is 1. The first kappa shape index (κ1) is 17.5. The number of amides is 2. The second kappa shape index (κ2) is 6.90. The van der Waals surface area contributed by atoms with E-state index in [1.807, 2.05) is 0 Å². The third-order valence-corrected chi connectivity index (χ3v) is 5.49. The highest BCUT2D eigenvalue weighted by molar-refractivity contribution is 7.89. The van der Waals surface area contributed by atoms with Gasteiger partial charge in [-0.25, -0.2) is 18.5 Å². The predicted octanol–water partition coefficient (Wildman–Crippen LogP) is 1.10. The molecule has 1 aromatic heterocycles. The van der Waals surface area contributed by atoms with Crippen molar-refractivity contribution in [3.8, 4) is 0 Å². The molecule has 2 amide bonds. The minimum Gasteiger partial charge on any atom is -0.326 e. The van der Waals surface area contributed by atoms with Gasteiger partial charge in [-0.2, -0.15) is 0 Å². The SMILES string of the molecule is NS(=O)(=O)c1ccc(NC(=O)Cc2csc(N3CCCC3=O)n2)cc1. The average molecular weight is 380 g/mol. The number of anilines is 2. The topological polar surface area (TPSA) is 122 Å². The van der Waals surface area contributed by atoms with Crippen LogP contribution in [0.5, 0.6) is 0 Å². The Labute approximate surface area is 148 Å². The molecule has 10 heteroatoms. The molecule has 1 fully saturated rings. The van der Waals surface area contributed by atoms with Crippen molar-refractivity contribution in [3.05, 3.63) is 35.3 Å². The Morgan fingerprint density at radius 2 is 2.04 bits per heavy atom. The summed E-state index contributed by atoms with van der Waals surface area (Å²) in [6, 6.07) is 5.58. The number of nitrogens with zero attached hydrogens (tertiary/aromatic N) is 2. The minimum absolute atomic E-state index is 0.0232. The highest BCUT2D eigenvalue weighted by Gasteiger charge is 2.24. The van der Waals surface area contributed by atoms with E-state index in [4.69, 9.17) is 5.14 Å². The van der Waals surface area contributed by atoms with E-state index in [2.05, 4.69) is 10.3 Å². The lowest BCUT2D eigenvalue weighted by Crippen LogP contribution is -2.23. The van der Waals surface area contributed by atoms with E-state index in [0.717, 1.165) is 6.42 Å². The number of carbonyl (C=O) groups excluding carboxylic acids is 2. The second-order valence-corrected chi connectivity index (χ2v) is 7.96. The maximum absolute atomic E-state index is 12.1. The number of thiazole rings is 1. The number of aromatic nitrogens is 1. The number of hydrogen-bond acceptors (Lipinski definition) is 6.